The molecule has 1 aliphatic heterocycles. The van der Waals surface area contributed by atoms with E-state index in [0.29, 0.717) is 13.0 Å². The highest BCUT2D eigenvalue weighted by atomic mass is 16.4. The summed E-state index contributed by atoms with van der Waals surface area (Å²) in [4.78, 5) is 26.8. The van der Waals surface area contributed by atoms with Gasteiger partial charge in [0.2, 0.25) is 5.91 Å². The first kappa shape index (κ1) is 16.3. The fourth-order valence-electron chi connectivity index (χ4n) is 2.83. The highest BCUT2D eigenvalue weighted by Crippen LogP contribution is 2.32. The van der Waals surface area contributed by atoms with Gasteiger partial charge in [-0.3, -0.25) is 9.59 Å². The molecule has 1 aliphatic rings. The van der Waals surface area contributed by atoms with Crippen molar-refractivity contribution in [1.29, 1.82) is 0 Å². The average Bonchev–Trinajstić information content (AvgIpc) is 2.80. The summed E-state index contributed by atoms with van der Waals surface area (Å²) >= 11 is 0. The van der Waals surface area contributed by atoms with Crippen LogP contribution in [0, 0.1) is 0 Å². The van der Waals surface area contributed by atoms with Crippen LogP contribution in [0.15, 0.2) is 18.2 Å². The molecule has 1 N–H and O–H groups in total. The Morgan fingerprint density at radius 2 is 2.14 bits per heavy atom. The summed E-state index contributed by atoms with van der Waals surface area (Å²) in [5, 5.41) is 8.83. The maximum absolute atomic E-state index is 12.1. The number of unbranched alkanes of at least 4 members (excludes halogenated alkanes) is 1. The van der Waals surface area contributed by atoms with Gasteiger partial charge in [0.1, 0.15) is 0 Å². The van der Waals surface area contributed by atoms with Crippen LogP contribution in [0.1, 0.15) is 38.7 Å². The SMILES string of the molecule is CCCCN1C(=O)Cc2cc(N(CC)CCC(=O)O)ccc21. The topological polar surface area (TPSA) is 60.9 Å². The van der Waals surface area contributed by atoms with E-state index in [2.05, 4.69) is 6.92 Å². The molecule has 1 amide bonds. The van der Waals surface area contributed by atoms with E-state index < -0.39 is 5.97 Å². The quantitative estimate of drug-likeness (QED) is 0.802. The van der Waals surface area contributed by atoms with Crippen LogP contribution in [0.2, 0.25) is 0 Å². The van der Waals surface area contributed by atoms with Crippen LogP contribution in [-0.2, 0) is 16.0 Å². The van der Waals surface area contributed by atoms with Gasteiger partial charge in [0, 0.05) is 31.0 Å². The van der Waals surface area contributed by atoms with Crippen molar-refractivity contribution in [3.05, 3.63) is 23.8 Å². The number of carboxylic acids is 1. The second-order valence-electron chi connectivity index (χ2n) is 5.61. The van der Waals surface area contributed by atoms with E-state index in [-0.39, 0.29) is 12.3 Å². The predicted octanol–water partition coefficient (Wildman–Crippen LogP) is 2.68. The minimum atomic E-state index is -0.791. The molecule has 0 aromatic heterocycles. The highest BCUT2D eigenvalue weighted by Gasteiger charge is 2.27. The number of amides is 1. The zero-order valence-electron chi connectivity index (χ0n) is 13.3. The minimum Gasteiger partial charge on any atom is -0.481 e. The molecule has 0 radical (unpaired) electrons. The number of hydrogen-bond acceptors (Lipinski definition) is 3. The van der Waals surface area contributed by atoms with Crippen LogP contribution in [0.5, 0.6) is 0 Å². The largest absolute Gasteiger partial charge is 0.481 e. The van der Waals surface area contributed by atoms with Gasteiger partial charge in [-0.1, -0.05) is 13.3 Å². The standard InChI is InChI=1S/C17H24N2O3/c1-3-5-9-19-15-7-6-14(11-13(15)12-16(19)20)18(4-2)10-8-17(21)22/h6-7,11H,3-5,8-10,12H2,1-2H3,(H,21,22). The Labute approximate surface area is 131 Å². The highest BCUT2D eigenvalue weighted by molar-refractivity contribution is 6.01. The van der Waals surface area contributed by atoms with Crippen molar-refractivity contribution in [2.45, 2.75) is 39.5 Å². The molecular formula is C17H24N2O3. The van der Waals surface area contributed by atoms with Gasteiger partial charge in [0.25, 0.3) is 0 Å². The van der Waals surface area contributed by atoms with Crippen LogP contribution in [-0.4, -0.2) is 36.6 Å². The lowest BCUT2D eigenvalue weighted by Crippen LogP contribution is -2.27. The van der Waals surface area contributed by atoms with E-state index in [1.807, 2.05) is 34.9 Å². The Balaban J connectivity index is 2.16. The molecule has 0 aliphatic carbocycles. The number of fused-ring (bicyclic) bond motifs is 1. The van der Waals surface area contributed by atoms with Crippen molar-refractivity contribution in [3.63, 3.8) is 0 Å². The average molecular weight is 304 g/mol. The van der Waals surface area contributed by atoms with E-state index in [1.165, 1.54) is 0 Å². The van der Waals surface area contributed by atoms with Crippen molar-refractivity contribution in [1.82, 2.24) is 0 Å². The number of aliphatic carboxylic acids is 1. The maximum atomic E-state index is 12.1. The number of carboxylic acid groups (broad SMARTS) is 1. The second-order valence-corrected chi connectivity index (χ2v) is 5.61. The molecule has 0 atom stereocenters. The molecular weight excluding hydrogens is 280 g/mol. The first-order valence-corrected chi connectivity index (χ1v) is 7.96. The Bertz CT molecular complexity index is 557. The summed E-state index contributed by atoms with van der Waals surface area (Å²) in [6.45, 7) is 6.13. The van der Waals surface area contributed by atoms with Crippen LogP contribution < -0.4 is 9.80 Å². The molecule has 0 fully saturated rings. The molecule has 0 saturated heterocycles. The van der Waals surface area contributed by atoms with Crippen molar-refractivity contribution in [2.24, 2.45) is 0 Å². The van der Waals surface area contributed by atoms with Crippen LogP contribution in [0.3, 0.4) is 0 Å². The normalized spacial score (nSPS) is 13.4. The number of carbonyl (C=O) groups is 2. The Kier molecular flexibility index (Phi) is 5.41. The van der Waals surface area contributed by atoms with Crippen LogP contribution in [0.25, 0.3) is 0 Å². The van der Waals surface area contributed by atoms with Gasteiger partial charge in [0.05, 0.1) is 12.8 Å². The van der Waals surface area contributed by atoms with Crippen molar-refractivity contribution in [3.8, 4) is 0 Å². The molecule has 5 heteroatoms. The Hall–Kier alpha value is -2.04. The summed E-state index contributed by atoms with van der Waals surface area (Å²) < 4.78 is 0. The number of hydrogen-bond donors (Lipinski definition) is 1. The van der Waals surface area contributed by atoms with E-state index in [9.17, 15) is 9.59 Å². The second kappa shape index (κ2) is 7.29. The molecule has 2 rings (SSSR count). The number of nitrogens with zero attached hydrogens (tertiary/aromatic N) is 2. The summed E-state index contributed by atoms with van der Waals surface area (Å²) in [7, 11) is 0. The smallest absolute Gasteiger partial charge is 0.305 e. The molecule has 1 heterocycles. The zero-order valence-corrected chi connectivity index (χ0v) is 13.3. The van der Waals surface area contributed by atoms with Crippen molar-refractivity contribution >= 4 is 23.3 Å². The molecule has 0 spiro atoms. The summed E-state index contributed by atoms with van der Waals surface area (Å²) in [6.07, 6.45) is 2.64. The van der Waals surface area contributed by atoms with E-state index in [4.69, 9.17) is 5.11 Å². The van der Waals surface area contributed by atoms with Crippen LogP contribution >= 0.6 is 0 Å². The lowest BCUT2D eigenvalue weighted by molar-refractivity contribution is -0.136. The third-order valence-corrected chi connectivity index (χ3v) is 4.07. The van der Waals surface area contributed by atoms with Gasteiger partial charge in [-0.15, -0.1) is 0 Å². The van der Waals surface area contributed by atoms with Gasteiger partial charge in [-0.2, -0.15) is 0 Å². The van der Waals surface area contributed by atoms with Gasteiger partial charge in [-0.05, 0) is 37.1 Å². The third kappa shape index (κ3) is 3.59. The van der Waals surface area contributed by atoms with E-state index >= 15 is 0 Å². The number of anilines is 2. The molecule has 1 aromatic rings. The zero-order chi connectivity index (χ0) is 16.1. The lowest BCUT2D eigenvalue weighted by atomic mass is 10.1. The van der Waals surface area contributed by atoms with Gasteiger partial charge in [-0.25, -0.2) is 0 Å². The summed E-state index contributed by atoms with van der Waals surface area (Å²) in [5.74, 6) is -0.630. The van der Waals surface area contributed by atoms with Gasteiger partial charge >= 0.3 is 5.97 Å². The molecule has 0 saturated carbocycles. The number of carbonyl (C=O) groups excluding carboxylic acids is 1. The Morgan fingerprint density at radius 1 is 1.36 bits per heavy atom. The van der Waals surface area contributed by atoms with Gasteiger partial charge in [0.15, 0.2) is 0 Å². The van der Waals surface area contributed by atoms with E-state index in [0.717, 1.165) is 42.9 Å². The molecule has 120 valence electrons. The molecule has 5 nitrogen and oxygen atoms in total. The number of benzene rings is 1. The molecule has 22 heavy (non-hydrogen) atoms. The fraction of sp³-hybridized carbons (Fsp3) is 0.529. The first-order valence-electron chi connectivity index (χ1n) is 7.96. The lowest BCUT2D eigenvalue weighted by Gasteiger charge is -2.23. The predicted molar refractivity (Wildman–Crippen MR) is 87.5 cm³/mol. The maximum Gasteiger partial charge on any atom is 0.305 e. The number of rotatable bonds is 8. The third-order valence-electron chi connectivity index (χ3n) is 4.07. The van der Waals surface area contributed by atoms with Crippen molar-refractivity contribution < 1.29 is 14.7 Å². The van der Waals surface area contributed by atoms with Crippen molar-refractivity contribution in [2.75, 3.05) is 29.4 Å². The summed E-state index contributed by atoms with van der Waals surface area (Å²) in [6, 6.07) is 6.01. The van der Waals surface area contributed by atoms with E-state index in [1.54, 1.807) is 0 Å². The van der Waals surface area contributed by atoms with Gasteiger partial charge < -0.3 is 14.9 Å². The Morgan fingerprint density at radius 3 is 2.77 bits per heavy atom. The first-order chi connectivity index (χ1) is 10.6. The molecule has 1 aromatic carbocycles. The molecule has 0 unspecified atom stereocenters. The monoisotopic (exact) mass is 304 g/mol. The summed E-state index contributed by atoms with van der Waals surface area (Å²) in [5.41, 5.74) is 3.05. The fourth-order valence-corrected chi connectivity index (χ4v) is 2.83. The molecule has 0 bridgehead atoms. The minimum absolute atomic E-state index is 0.118. The van der Waals surface area contributed by atoms with Crippen LogP contribution in [0.4, 0.5) is 11.4 Å².